The molecule has 2 saturated heterocycles. The number of amides is 1. The number of fused-ring (bicyclic) bond motifs is 3. The molecule has 0 aliphatic carbocycles. The molecule has 5 heterocycles. The molecular weight excluding hydrogens is 649 g/mol. The van der Waals surface area contributed by atoms with Gasteiger partial charge in [-0.2, -0.15) is 9.61 Å². The monoisotopic (exact) mass is 706 g/mol. The van der Waals surface area contributed by atoms with E-state index in [0.717, 1.165) is 71.8 Å². The fourth-order valence-corrected chi connectivity index (χ4v) is 8.11. The zero-order valence-corrected chi connectivity index (χ0v) is 33.3. The highest BCUT2D eigenvalue weighted by atomic mass is 28.3. The smallest absolute Gasteiger partial charge is 0.410 e. The zero-order valence-electron chi connectivity index (χ0n) is 31.3. The molecule has 3 aromatic heterocycles. The standard InChI is InChI=1S/C37H58N6O4Si2/c1-11-29-13-12-27(23-38-29)32-24-39-43-34(41(25-45-16-18-48(5,6)7)26-46-17-19-49(8,9)10)22-33(40-35(32)43)28-20-30-14-15-31(21-28)42(30)36(44)47-37(2,3)4/h11-13,22-24,28,30-31H,1,14-21,25-26H2,2-10H3/t28?,30-,31+. The van der Waals surface area contributed by atoms with Crippen LogP contribution in [-0.4, -0.2) is 91.1 Å². The van der Waals surface area contributed by atoms with Crippen molar-refractivity contribution in [1.29, 1.82) is 0 Å². The summed E-state index contributed by atoms with van der Waals surface area (Å²) in [6.07, 6.45) is 8.94. The molecule has 268 valence electrons. The second-order valence-corrected chi connectivity index (χ2v) is 28.4. The van der Waals surface area contributed by atoms with E-state index >= 15 is 0 Å². The summed E-state index contributed by atoms with van der Waals surface area (Å²) in [6, 6.07) is 8.63. The van der Waals surface area contributed by atoms with E-state index in [1.54, 1.807) is 6.08 Å². The number of hydrogen-bond donors (Lipinski definition) is 0. The molecule has 0 radical (unpaired) electrons. The number of carbonyl (C=O) groups is 1. The van der Waals surface area contributed by atoms with Crippen LogP contribution in [0.25, 0.3) is 22.9 Å². The van der Waals surface area contributed by atoms with E-state index in [-0.39, 0.29) is 24.1 Å². The number of pyridine rings is 1. The van der Waals surface area contributed by atoms with Gasteiger partial charge in [-0.05, 0) is 70.7 Å². The number of rotatable bonds is 14. The van der Waals surface area contributed by atoms with Gasteiger partial charge in [0.15, 0.2) is 5.65 Å². The lowest BCUT2D eigenvalue weighted by Crippen LogP contribution is -2.48. The molecule has 3 atom stereocenters. The number of carbonyl (C=O) groups excluding carboxylic acids is 1. The van der Waals surface area contributed by atoms with Crippen LogP contribution in [0.5, 0.6) is 0 Å². The van der Waals surface area contributed by atoms with Crippen molar-refractivity contribution in [3.8, 4) is 11.1 Å². The number of hydrogen-bond acceptors (Lipinski definition) is 8. The molecule has 0 spiro atoms. The number of anilines is 1. The first kappa shape index (κ1) is 37.2. The molecule has 2 aliphatic rings. The van der Waals surface area contributed by atoms with Crippen LogP contribution < -0.4 is 4.90 Å². The van der Waals surface area contributed by atoms with Crippen LogP contribution in [0, 0.1) is 0 Å². The van der Waals surface area contributed by atoms with E-state index in [0.29, 0.717) is 26.7 Å². The zero-order chi connectivity index (χ0) is 35.6. The molecule has 2 fully saturated rings. The van der Waals surface area contributed by atoms with Crippen LogP contribution in [-0.2, 0) is 14.2 Å². The van der Waals surface area contributed by atoms with Crippen molar-refractivity contribution in [3.05, 3.63) is 48.6 Å². The Balaban J connectivity index is 1.51. The Morgan fingerprint density at radius 2 is 1.59 bits per heavy atom. The lowest BCUT2D eigenvalue weighted by atomic mass is 9.88. The largest absolute Gasteiger partial charge is 0.444 e. The fourth-order valence-electron chi connectivity index (χ4n) is 6.60. The highest BCUT2D eigenvalue weighted by Crippen LogP contribution is 2.44. The third-order valence-electron chi connectivity index (χ3n) is 9.35. The second-order valence-electron chi connectivity index (χ2n) is 17.2. The average Bonchev–Trinajstić information content (AvgIpc) is 3.56. The van der Waals surface area contributed by atoms with E-state index < -0.39 is 21.7 Å². The minimum Gasteiger partial charge on any atom is -0.444 e. The summed E-state index contributed by atoms with van der Waals surface area (Å²) in [5.74, 6) is 1.08. The predicted molar refractivity (Wildman–Crippen MR) is 204 cm³/mol. The van der Waals surface area contributed by atoms with E-state index in [4.69, 9.17) is 24.3 Å². The quantitative estimate of drug-likeness (QED) is 0.0936. The third-order valence-corrected chi connectivity index (χ3v) is 12.8. The maximum atomic E-state index is 13.3. The summed E-state index contributed by atoms with van der Waals surface area (Å²) in [5.41, 5.74) is 3.94. The summed E-state index contributed by atoms with van der Waals surface area (Å²) in [7, 11) is -2.52. The van der Waals surface area contributed by atoms with Crippen molar-refractivity contribution in [2.24, 2.45) is 0 Å². The molecule has 0 N–H and O–H groups in total. The second kappa shape index (κ2) is 15.0. The molecule has 1 amide bonds. The summed E-state index contributed by atoms with van der Waals surface area (Å²) in [4.78, 5) is 27.3. The first-order chi connectivity index (χ1) is 23.0. The SMILES string of the molecule is C=Cc1ccc(-c2cnn3c(N(COCC[Si](C)(C)C)COCC[Si](C)(C)C)cc(C4C[C@H]5CC[C@@H](C4)N5C(=O)OC(C)(C)C)nc23)cn1. The van der Waals surface area contributed by atoms with Crippen molar-refractivity contribution in [2.45, 2.75) is 121 Å². The maximum Gasteiger partial charge on any atom is 0.410 e. The van der Waals surface area contributed by atoms with E-state index in [2.05, 4.69) is 61.8 Å². The van der Waals surface area contributed by atoms with Crippen LogP contribution in [0.3, 0.4) is 0 Å². The lowest BCUT2D eigenvalue weighted by molar-refractivity contribution is 0.00569. The molecule has 1 unspecified atom stereocenters. The van der Waals surface area contributed by atoms with Gasteiger partial charge in [0.2, 0.25) is 0 Å². The molecule has 49 heavy (non-hydrogen) atoms. The first-order valence-corrected chi connectivity index (χ1v) is 25.3. The molecular formula is C37H58N6O4Si2. The van der Waals surface area contributed by atoms with Gasteiger partial charge >= 0.3 is 6.09 Å². The number of nitrogens with zero attached hydrogens (tertiary/aromatic N) is 6. The number of aromatic nitrogens is 4. The highest BCUT2D eigenvalue weighted by Gasteiger charge is 2.45. The topological polar surface area (TPSA) is 94.3 Å². The Kier molecular flexibility index (Phi) is 11.4. The summed E-state index contributed by atoms with van der Waals surface area (Å²) < 4.78 is 20.5. The molecule has 12 heteroatoms. The molecule has 10 nitrogen and oxygen atoms in total. The van der Waals surface area contributed by atoms with Crippen LogP contribution in [0.4, 0.5) is 10.6 Å². The molecule has 0 aromatic carbocycles. The lowest BCUT2D eigenvalue weighted by Gasteiger charge is -2.39. The van der Waals surface area contributed by atoms with Crippen molar-refractivity contribution in [1.82, 2.24) is 24.5 Å². The van der Waals surface area contributed by atoms with Gasteiger partial charge in [-0.3, -0.25) is 4.98 Å². The van der Waals surface area contributed by atoms with Gasteiger partial charge in [0, 0.05) is 76.4 Å². The van der Waals surface area contributed by atoms with Gasteiger partial charge in [-0.25, -0.2) is 9.78 Å². The number of ether oxygens (including phenoxy) is 3. The van der Waals surface area contributed by atoms with E-state index in [1.807, 2.05) is 54.7 Å². The molecule has 2 bridgehead atoms. The van der Waals surface area contributed by atoms with Crippen molar-refractivity contribution in [3.63, 3.8) is 0 Å². The van der Waals surface area contributed by atoms with E-state index in [1.165, 1.54) is 0 Å². The minimum absolute atomic E-state index is 0.131. The van der Waals surface area contributed by atoms with Crippen molar-refractivity contribution < 1.29 is 19.0 Å². The Bertz CT molecular complexity index is 1560. The Labute approximate surface area is 295 Å². The molecule has 3 aromatic rings. The molecule has 0 saturated carbocycles. The Hall–Kier alpha value is -3.07. The minimum atomic E-state index is -1.26. The highest BCUT2D eigenvalue weighted by molar-refractivity contribution is 6.76. The van der Waals surface area contributed by atoms with Gasteiger partial charge in [-0.1, -0.05) is 51.9 Å². The Morgan fingerprint density at radius 1 is 0.980 bits per heavy atom. The number of piperidine rings is 1. The van der Waals surface area contributed by atoms with Crippen LogP contribution >= 0.6 is 0 Å². The van der Waals surface area contributed by atoms with Crippen LogP contribution in [0.1, 0.15) is 63.8 Å². The Morgan fingerprint density at radius 3 is 2.10 bits per heavy atom. The van der Waals surface area contributed by atoms with Gasteiger partial charge in [-0.15, -0.1) is 0 Å². The predicted octanol–water partition coefficient (Wildman–Crippen LogP) is 8.51. The van der Waals surface area contributed by atoms with Crippen LogP contribution in [0.2, 0.25) is 51.4 Å². The first-order valence-electron chi connectivity index (χ1n) is 17.9. The average molecular weight is 707 g/mol. The maximum absolute atomic E-state index is 13.3. The van der Waals surface area contributed by atoms with Crippen molar-refractivity contribution >= 4 is 39.8 Å². The molecule has 2 aliphatic heterocycles. The van der Waals surface area contributed by atoms with E-state index in [9.17, 15) is 4.79 Å². The fraction of sp³-hybridized carbons (Fsp3) is 0.622. The summed E-state index contributed by atoms with van der Waals surface area (Å²) in [6.45, 7) is 26.1. The van der Waals surface area contributed by atoms with Crippen molar-refractivity contribution in [2.75, 3.05) is 31.6 Å². The third kappa shape index (κ3) is 9.80. The van der Waals surface area contributed by atoms with Crippen LogP contribution in [0.15, 0.2) is 37.2 Å². The van der Waals surface area contributed by atoms with Gasteiger partial charge in [0.1, 0.15) is 24.9 Å². The summed E-state index contributed by atoms with van der Waals surface area (Å²) >= 11 is 0. The van der Waals surface area contributed by atoms with Gasteiger partial charge < -0.3 is 24.0 Å². The molecule has 5 rings (SSSR count). The van der Waals surface area contributed by atoms with Gasteiger partial charge in [0.25, 0.3) is 0 Å². The summed E-state index contributed by atoms with van der Waals surface area (Å²) in [5, 5.41) is 4.89. The normalized spacial score (nSPS) is 19.8. The van der Waals surface area contributed by atoms with Gasteiger partial charge in [0.05, 0.1) is 11.9 Å².